The molecule has 0 aliphatic rings. The van der Waals surface area contributed by atoms with Crippen LogP contribution in [0.4, 0.5) is 5.69 Å². The Morgan fingerprint density at radius 2 is 1.68 bits per heavy atom. The molecule has 3 aromatic carbocycles. The number of carbonyl (C=O) groups is 1. The summed E-state index contributed by atoms with van der Waals surface area (Å²) in [4.78, 5) is 13.4. The van der Waals surface area contributed by atoms with Crippen LogP contribution in [0.1, 0.15) is 0 Å². The predicted octanol–water partition coefficient (Wildman–Crippen LogP) is 2.37. The number of para-hydroxylation sites is 1. The summed E-state index contributed by atoms with van der Waals surface area (Å²) in [6, 6.07) is 23.7. The van der Waals surface area contributed by atoms with Gasteiger partial charge in [-0.25, -0.2) is 0 Å². The van der Waals surface area contributed by atoms with Gasteiger partial charge in [-0.05, 0) is 23.6 Å². The minimum atomic E-state index is 0.00793. The van der Waals surface area contributed by atoms with Crippen LogP contribution in [0.2, 0.25) is 0 Å². The molecule has 0 saturated carbocycles. The Kier molecular flexibility index (Phi) is 5.65. The number of benzene rings is 3. The number of fused-ring (bicyclic) bond motifs is 1. The van der Waals surface area contributed by atoms with Crippen molar-refractivity contribution in [1.82, 2.24) is 0 Å². The molecule has 0 aliphatic heterocycles. The first kappa shape index (κ1) is 17.0. The Morgan fingerprint density at radius 3 is 2.52 bits per heavy atom. The quantitative estimate of drug-likeness (QED) is 0.696. The fourth-order valence-electron chi connectivity index (χ4n) is 2.75. The van der Waals surface area contributed by atoms with Crippen LogP contribution in [0.15, 0.2) is 72.8 Å². The molecule has 1 atom stereocenters. The lowest BCUT2D eigenvalue weighted by molar-refractivity contribution is -0.871. The van der Waals surface area contributed by atoms with Gasteiger partial charge in [0.2, 0.25) is 0 Å². The smallest absolute Gasteiger partial charge is 0.279 e. The Labute approximate surface area is 148 Å². The van der Waals surface area contributed by atoms with Gasteiger partial charge < -0.3 is 15.0 Å². The van der Waals surface area contributed by atoms with Gasteiger partial charge in [-0.15, -0.1) is 0 Å². The van der Waals surface area contributed by atoms with Crippen LogP contribution in [0.5, 0.6) is 5.75 Å². The molecule has 0 spiro atoms. The highest BCUT2D eigenvalue weighted by Gasteiger charge is 2.11. The number of hydrogen-bond donors (Lipinski definition) is 2. The van der Waals surface area contributed by atoms with Crippen molar-refractivity contribution in [1.29, 1.82) is 0 Å². The van der Waals surface area contributed by atoms with Gasteiger partial charge in [-0.3, -0.25) is 4.79 Å². The van der Waals surface area contributed by atoms with Crippen molar-refractivity contribution in [2.24, 2.45) is 0 Å². The first-order valence-corrected chi connectivity index (χ1v) is 8.49. The van der Waals surface area contributed by atoms with Crippen LogP contribution in [0.3, 0.4) is 0 Å². The van der Waals surface area contributed by atoms with Crippen molar-refractivity contribution < 1.29 is 14.4 Å². The molecule has 1 unspecified atom stereocenters. The van der Waals surface area contributed by atoms with Gasteiger partial charge in [0, 0.05) is 11.1 Å². The van der Waals surface area contributed by atoms with E-state index < -0.39 is 0 Å². The van der Waals surface area contributed by atoms with Crippen LogP contribution < -0.4 is 15.0 Å². The number of ether oxygens (including phenoxy) is 1. The topological polar surface area (TPSA) is 42.8 Å². The number of rotatable bonds is 7. The second-order valence-electron chi connectivity index (χ2n) is 6.12. The average molecular weight is 335 g/mol. The third-order valence-corrected chi connectivity index (χ3v) is 4.07. The molecule has 4 heteroatoms. The summed E-state index contributed by atoms with van der Waals surface area (Å²) in [5, 5.41) is 5.20. The molecule has 0 heterocycles. The summed E-state index contributed by atoms with van der Waals surface area (Å²) in [6.07, 6.45) is 0. The first-order chi connectivity index (χ1) is 12.2. The molecular weight excluding hydrogens is 312 g/mol. The van der Waals surface area contributed by atoms with Crippen LogP contribution in [0.25, 0.3) is 10.8 Å². The maximum Gasteiger partial charge on any atom is 0.279 e. The van der Waals surface area contributed by atoms with Gasteiger partial charge >= 0.3 is 0 Å². The molecule has 3 rings (SSSR count). The van der Waals surface area contributed by atoms with E-state index in [9.17, 15) is 4.79 Å². The van der Waals surface area contributed by atoms with E-state index in [1.807, 2.05) is 79.8 Å². The standard InChI is InChI=1S/C21H22N2O2/c1-23(14-15-25-18-10-3-2-4-11-18)16-21(24)22-20-13-7-9-17-8-5-6-12-19(17)20/h2-13H,14-16H2,1H3,(H,22,24)/p+1. The van der Waals surface area contributed by atoms with Gasteiger partial charge in [-0.1, -0.05) is 54.6 Å². The summed E-state index contributed by atoms with van der Waals surface area (Å²) < 4.78 is 5.68. The SMILES string of the molecule is C[NH+](CCOc1ccccc1)CC(=O)Nc1cccc2ccccc12. The highest BCUT2D eigenvalue weighted by molar-refractivity contribution is 6.02. The summed E-state index contributed by atoms with van der Waals surface area (Å²) >= 11 is 0. The molecule has 0 aliphatic carbocycles. The highest BCUT2D eigenvalue weighted by Crippen LogP contribution is 2.22. The number of likely N-dealkylation sites (N-methyl/N-ethyl adjacent to an activating group) is 1. The Bertz CT molecular complexity index is 828. The van der Waals surface area contributed by atoms with E-state index in [0.717, 1.165) is 33.7 Å². The molecular formula is C21H23N2O2+. The summed E-state index contributed by atoms with van der Waals surface area (Å²) in [6.45, 7) is 1.75. The van der Waals surface area contributed by atoms with Gasteiger partial charge in [0.15, 0.2) is 6.54 Å². The monoisotopic (exact) mass is 335 g/mol. The third-order valence-electron chi connectivity index (χ3n) is 4.07. The van der Waals surface area contributed by atoms with Gasteiger partial charge in [0.05, 0.1) is 7.05 Å². The number of quaternary nitrogens is 1. The zero-order chi connectivity index (χ0) is 17.5. The largest absolute Gasteiger partial charge is 0.488 e. The minimum Gasteiger partial charge on any atom is -0.488 e. The molecule has 0 bridgehead atoms. The molecule has 128 valence electrons. The molecule has 0 saturated heterocycles. The molecule has 4 nitrogen and oxygen atoms in total. The maximum atomic E-state index is 12.3. The van der Waals surface area contributed by atoms with E-state index in [0.29, 0.717) is 13.2 Å². The highest BCUT2D eigenvalue weighted by atomic mass is 16.5. The van der Waals surface area contributed by atoms with Crippen molar-refractivity contribution in [2.45, 2.75) is 0 Å². The number of carbonyl (C=O) groups excluding carboxylic acids is 1. The van der Waals surface area contributed by atoms with Crippen molar-refractivity contribution in [3.8, 4) is 5.75 Å². The second-order valence-corrected chi connectivity index (χ2v) is 6.12. The number of anilines is 1. The lowest BCUT2D eigenvalue weighted by Crippen LogP contribution is -3.10. The van der Waals surface area contributed by atoms with Crippen LogP contribution in [-0.4, -0.2) is 32.7 Å². The predicted molar refractivity (Wildman–Crippen MR) is 101 cm³/mol. The van der Waals surface area contributed by atoms with Crippen molar-refractivity contribution in [3.05, 3.63) is 72.8 Å². The zero-order valence-electron chi connectivity index (χ0n) is 14.4. The Hall–Kier alpha value is -2.85. The van der Waals surface area contributed by atoms with Crippen molar-refractivity contribution in [2.75, 3.05) is 32.1 Å². The fourth-order valence-corrected chi connectivity index (χ4v) is 2.75. The molecule has 0 radical (unpaired) electrons. The van der Waals surface area contributed by atoms with Crippen molar-refractivity contribution in [3.63, 3.8) is 0 Å². The van der Waals surface area contributed by atoms with E-state index in [-0.39, 0.29) is 5.91 Å². The van der Waals surface area contributed by atoms with Crippen LogP contribution >= 0.6 is 0 Å². The zero-order valence-corrected chi connectivity index (χ0v) is 14.4. The summed E-state index contributed by atoms with van der Waals surface area (Å²) in [5.41, 5.74) is 0.858. The second kappa shape index (κ2) is 8.31. The average Bonchev–Trinajstić information content (AvgIpc) is 2.63. The lowest BCUT2D eigenvalue weighted by Gasteiger charge is -2.15. The van der Waals surface area contributed by atoms with E-state index >= 15 is 0 Å². The molecule has 3 aromatic rings. The van der Waals surface area contributed by atoms with E-state index in [1.54, 1.807) is 0 Å². The molecule has 2 N–H and O–H groups in total. The van der Waals surface area contributed by atoms with Crippen LogP contribution in [-0.2, 0) is 4.79 Å². The Balaban J connectivity index is 1.50. The van der Waals surface area contributed by atoms with Crippen molar-refractivity contribution >= 4 is 22.4 Å². The van der Waals surface area contributed by atoms with E-state index in [2.05, 4.69) is 5.32 Å². The summed E-state index contributed by atoms with van der Waals surface area (Å²) in [7, 11) is 2.00. The van der Waals surface area contributed by atoms with E-state index in [1.165, 1.54) is 0 Å². The molecule has 0 aromatic heterocycles. The molecule has 0 fully saturated rings. The van der Waals surface area contributed by atoms with E-state index in [4.69, 9.17) is 4.74 Å². The number of nitrogens with one attached hydrogen (secondary N) is 2. The molecule has 25 heavy (non-hydrogen) atoms. The summed E-state index contributed by atoms with van der Waals surface area (Å²) in [5.74, 6) is 0.865. The van der Waals surface area contributed by atoms with Gasteiger partial charge in [-0.2, -0.15) is 0 Å². The van der Waals surface area contributed by atoms with Crippen LogP contribution in [0, 0.1) is 0 Å². The fraction of sp³-hybridized carbons (Fsp3) is 0.190. The Morgan fingerprint density at radius 1 is 0.960 bits per heavy atom. The van der Waals surface area contributed by atoms with Gasteiger partial charge in [0.25, 0.3) is 5.91 Å². The minimum absolute atomic E-state index is 0.00793. The number of hydrogen-bond acceptors (Lipinski definition) is 2. The first-order valence-electron chi connectivity index (χ1n) is 8.49. The normalized spacial score (nSPS) is 11.9. The maximum absolute atomic E-state index is 12.3. The number of amides is 1. The lowest BCUT2D eigenvalue weighted by atomic mass is 10.1. The third kappa shape index (κ3) is 4.81. The van der Waals surface area contributed by atoms with Gasteiger partial charge in [0.1, 0.15) is 18.9 Å². The molecule has 1 amide bonds.